The number of benzene rings is 1. The summed E-state index contributed by atoms with van der Waals surface area (Å²) in [6, 6.07) is 5.42. The molecule has 0 aliphatic carbocycles. The van der Waals surface area contributed by atoms with Gasteiger partial charge in [0.05, 0.1) is 18.3 Å². The highest BCUT2D eigenvalue weighted by Crippen LogP contribution is 2.27. The number of nitrogens with zero attached hydrogens (tertiary/aromatic N) is 2. The van der Waals surface area contributed by atoms with E-state index in [1.165, 1.54) is 7.11 Å². The summed E-state index contributed by atoms with van der Waals surface area (Å²) in [6.07, 6.45) is 2.44. The molecule has 0 N–H and O–H groups in total. The van der Waals surface area contributed by atoms with Gasteiger partial charge in [-0.2, -0.15) is 5.10 Å². The van der Waals surface area contributed by atoms with Gasteiger partial charge >= 0.3 is 0 Å². The normalized spacial score (nSPS) is 10.6. The SMILES string of the molecule is CCCn1ncc(OC)c1C(=O)c1cccc(C)c1Cl. The Balaban J connectivity index is 2.52. The first-order valence-corrected chi connectivity index (χ1v) is 6.87. The number of carbonyl (C=O) groups is 1. The van der Waals surface area contributed by atoms with Crippen LogP contribution in [0.2, 0.25) is 5.02 Å². The first-order valence-electron chi connectivity index (χ1n) is 6.49. The maximum Gasteiger partial charge on any atom is 0.216 e. The lowest BCUT2D eigenvalue weighted by atomic mass is 10.0. The fraction of sp³-hybridized carbons (Fsp3) is 0.333. The Bertz CT molecular complexity index is 635. The largest absolute Gasteiger partial charge is 0.493 e. The summed E-state index contributed by atoms with van der Waals surface area (Å²) < 4.78 is 6.90. The summed E-state index contributed by atoms with van der Waals surface area (Å²) in [5.41, 5.74) is 1.79. The minimum Gasteiger partial charge on any atom is -0.493 e. The number of hydrogen-bond acceptors (Lipinski definition) is 3. The van der Waals surface area contributed by atoms with Crippen molar-refractivity contribution >= 4 is 17.4 Å². The van der Waals surface area contributed by atoms with Crippen molar-refractivity contribution in [2.75, 3.05) is 7.11 Å². The van der Waals surface area contributed by atoms with Crippen LogP contribution in [0.25, 0.3) is 0 Å². The van der Waals surface area contributed by atoms with Gasteiger partial charge in [-0.05, 0) is 25.0 Å². The van der Waals surface area contributed by atoms with Crippen LogP contribution in [0.5, 0.6) is 5.75 Å². The zero-order chi connectivity index (χ0) is 14.7. The average Bonchev–Trinajstić information content (AvgIpc) is 2.84. The van der Waals surface area contributed by atoms with Gasteiger partial charge < -0.3 is 4.74 Å². The molecule has 0 radical (unpaired) electrons. The Kier molecular flexibility index (Phi) is 4.45. The molecular formula is C15H17ClN2O2. The van der Waals surface area contributed by atoms with E-state index in [-0.39, 0.29) is 5.78 Å². The Morgan fingerprint density at radius 1 is 1.45 bits per heavy atom. The number of ether oxygens (including phenoxy) is 1. The molecule has 2 rings (SSSR count). The minimum absolute atomic E-state index is 0.165. The maximum absolute atomic E-state index is 12.7. The molecular weight excluding hydrogens is 276 g/mol. The maximum atomic E-state index is 12.7. The van der Waals surface area contributed by atoms with E-state index in [1.54, 1.807) is 16.9 Å². The molecule has 0 fully saturated rings. The van der Waals surface area contributed by atoms with E-state index >= 15 is 0 Å². The highest BCUT2D eigenvalue weighted by molar-refractivity contribution is 6.35. The van der Waals surface area contributed by atoms with Crippen molar-refractivity contribution in [3.8, 4) is 5.75 Å². The van der Waals surface area contributed by atoms with Crippen LogP contribution < -0.4 is 4.74 Å². The second kappa shape index (κ2) is 6.09. The van der Waals surface area contributed by atoms with Gasteiger partial charge in [0.1, 0.15) is 0 Å². The third-order valence-electron chi connectivity index (χ3n) is 3.11. The van der Waals surface area contributed by atoms with Gasteiger partial charge in [0.25, 0.3) is 0 Å². The summed E-state index contributed by atoms with van der Waals surface area (Å²) in [6.45, 7) is 4.57. The molecule has 106 valence electrons. The summed E-state index contributed by atoms with van der Waals surface area (Å²) in [7, 11) is 1.53. The van der Waals surface area contributed by atoms with Crippen molar-refractivity contribution < 1.29 is 9.53 Å². The van der Waals surface area contributed by atoms with Gasteiger partial charge in [-0.15, -0.1) is 0 Å². The molecule has 1 aromatic heterocycles. The Hall–Kier alpha value is -1.81. The predicted molar refractivity (Wildman–Crippen MR) is 78.7 cm³/mol. The number of carbonyl (C=O) groups excluding carboxylic acids is 1. The van der Waals surface area contributed by atoms with Gasteiger partial charge in [-0.25, -0.2) is 0 Å². The van der Waals surface area contributed by atoms with Crippen molar-refractivity contribution in [1.29, 1.82) is 0 Å². The fourth-order valence-corrected chi connectivity index (χ4v) is 2.29. The zero-order valence-electron chi connectivity index (χ0n) is 11.8. The molecule has 0 saturated carbocycles. The second-order valence-corrected chi connectivity index (χ2v) is 4.93. The topological polar surface area (TPSA) is 44.1 Å². The number of ketones is 1. The number of rotatable bonds is 5. The Morgan fingerprint density at radius 3 is 2.85 bits per heavy atom. The first-order chi connectivity index (χ1) is 9.60. The van der Waals surface area contributed by atoms with E-state index in [0.29, 0.717) is 28.6 Å². The van der Waals surface area contributed by atoms with E-state index in [0.717, 1.165) is 12.0 Å². The van der Waals surface area contributed by atoms with E-state index in [9.17, 15) is 4.79 Å². The minimum atomic E-state index is -0.165. The quantitative estimate of drug-likeness (QED) is 0.792. The molecule has 2 aromatic rings. The molecule has 0 atom stereocenters. The van der Waals surface area contributed by atoms with E-state index in [4.69, 9.17) is 16.3 Å². The van der Waals surface area contributed by atoms with Gasteiger partial charge in [-0.3, -0.25) is 9.48 Å². The molecule has 0 amide bonds. The average molecular weight is 293 g/mol. The first kappa shape index (κ1) is 14.6. The van der Waals surface area contributed by atoms with Crippen LogP contribution in [0, 0.1) is 6.92 Å². The number of methoxy groups -OCH3 is 1. The number of aromatic nitrogens is 2. The molecule has 0 aliphatic heterocycles. The van der Waals surface area contributed by atoms with Crippen LogP contribution >= 0.6 is 11.6 Å². The smallest absolute Gasteiger partial charge is 0.216 e. The van der Waals surface area contributed by atoms with Crippen molar-refractivity contribution in [1.82, 2.24) is 9.78 Å². The van der Waals surface area contributed by atoms with Crippen molar-refractivity contribution in [3.05, 3.63) is 46.2 Å². The fourth-order valence-electron chi connectivity index (χ4n) is 2.08. The monoisotopic (exact) mass is 292 g/mol. The molecule has 0 bridgehead atoms. The highest BCUT2D eigenvalue weighted by atomic mass is 35.5. The number of aryl methyl sites for hydroxylation is 2. The van der Waals surface area contributed by atoms with Gasteiger partial charge in [-0.1, -0.05) is 30.7 Å². The van der Waals surface area contributed by atoms with E-state index in [2.05, 4.69) is 5.10 Å². The van der Waals surface area contributed by atoms with E-state index < -0.39 is 0 Å². The standard InChI is InChI=1S/C15H17ClN2O2/c1-4-8-18-14(12(20-3)9-17-18)15(19)11-7-5-6-10(2)13(11)16/h5-7,9H,4,8H2,1-3H3. The van der Waals surface area contributed by atoms with Gasteiger partial charge in [0.2, 0.25) is 5.78 Å². The molecule has 5 heteroatoms. The predicted octanol–water partition coefficient (Wildman–Crippen LogP) is 3.49. The molecule has 4 nitrogen and oxygen atoms in total. The molecule has 0 aliphatic rings. The van der Waals surface area contributed by atoms with Crippen LogP contribution in [-0.4, -0.2) is 22.7 Å². The summed E-state index contributed by atoms with van der Waals surface area (Å²) in [4.78, 5) is 12.7. The molecule has 0 saturated heterocycles. The van der Waals surface area contributed by atoms with Crippen molar-refractivity contribution in [2.45, 2.75) is 26.8 Å². The lowest BCUT2D eigenvalue weighted by Crippen LogP contribution is -2.13. The van der Waals surface area contributed by atoms with Crippen molar-refractivity contribution in [3.63, 3.8) is 0 Å². The molecule has 20 heavy (non-hydrogen) atoms. The zero-order valence-corrected chi connectivity index (χ0v) is 12.6. The van der Waals surface area contributed by atoms with Crippen LogP contribution in [0.1, 0.15) is 35.0 Å². The highest BCUT2D eigenvalue weighted by Gasteiger charge is 2.23. The summed E-state index contributed by atoms with van der Waals surface area (Å²) >= 11 is 6.24. The van der Waals surface area contributed by atoms with Crippen LogP contribution in [0.4, 0.5) is 0 Å². The second-order valence-electron chi connectivity index (χ2n) is 4.55. The molecule has 0 unspecified atom stereocenters. The lowest BCUT2D eigenvalue weighted by molar-refractivity contribution is 0.102. The van der Waals surface area contributed by atoms with Gasteiger partial charge in [0.15, 0.2) is 11.4 Å². The molecule has 1 heterocycles. The molecule has 0 spiro atoms. The number of halogens is 1. The number of hydrogen-bond donors (Lipinski definition) is 0. The Morgan fingerprint density at radius 2 is 2.20 bits per heavy atom. The third kappa shape index (κ3) is 2.56. The third-order valence-corrected chi connectivity index (χ3v) is 3.61. The van der Waals surface area contributed by atoms with Crippen LogP contribution in [0.3, 0.4) is 0 Å². The Labute approximate surface area is 123 Å². The van der Waals surface area contributed by atoms with Crippen LogP contribution in [0.15, 0.2) is 24.4 Å². The lowest BCUT2D eigenvalue weighted by Gasteiger charge is -2.09. The summed E-state index contributed by atoms with van der Waals surface area (Å²) in [5.74, 6) is 0.308. The van der Waals surface area contributed by atoms with Crippen LogP contribution in [-0.2, 0) is 6.54 Å². The summed E-state index contributed by atoms with van der Waals surface area (Å²) in [5, 5.41) is 4.68. The molecule has 1 aromatic carbocycles. The van der Waals surface area contributed by atoms with E-state index in [1.807, 2.05) is 26.0 Å². The van der Waals surface area contributed by atoms with Crippen molar-refractivity contribution in [2.24, 2.45) is 0 Å². The van der Waals surface area contributed by atoms with Gasteiger partial charge in [0, 0.05) is 12.1 Å².